The van der Waals surface area contributed by atoms with Gasteiger partial charge >= 0.3 is 0 Å². The summed E-state index contributed by atoms with van der Waals surface area (Å²) in [4.78, 5) is 17.3. The van der Waals surface area contributed by atoms with Crippen LogP contribution in [0, 0.1) is 12.8 Å². The molecule has 1 amide bonds. The second kappa shape index (κ2) is 6.37. The zero-order valence-corrected chi connectivity index (χ0v) is 13.3. The highest BCUT2D eigenvalue weighted by Gasteiger charge is 2.12. The molecular weight excluding hydrogens is 292 g/mol. The number of thiazole rings is 1. The Morgan fingerprint density at radius 3 is 2.60 bits per heavy atom. The van der Waals surface area contributed by atoms with Crippen LogP contribution in [-0.4, -0.2) is 10.9 Å². The van der Waals surface area contributed by atoms with E-state index in [-0.39, 0.29) is 11.8 Å². The summed E-state index contributed by atoms with van der Waals surface area (Å²) in [6.07, 6.45) is 0. The van der Waals surface area contributed by atoms with E-state index in [1.807, 2.05) is 45.0 Å². The molecule has 1 N–H and O–H groups in total. The lowest BCUT2D eigenvalue weighted by molar-refractivity contribution is -0.124. The topological polar surface area (TPSA) is 42.0 Å². The molecular formula is C15H17ClN2OS. The van der Waals surface area contributed by atoms with Gasteiger partial charge in [-0.05, 0) is 19.1 Å². The number of carbonyl (C=O) groups excluding carboxylic acids is 1. The monoisotopic (exact) mass is 308 g/mol. The summed E-state index contributed by atoms with van der Waals surface area (Å²) in [5, 5.41) is 4.52. The molecule has 2 aromatic rings. The van der Waals surface area contributed by atoms with Crippen molar-refractivity contribution in [3.05, 3.63) is 39.2 Å². The molecule has 0 unspecified atom stereocenters. The van der Waals surface area contributed by atoms with Gasteiger partial charge in [0.15, 0.2) is 0 Å². The van der Waals surface area contributed by atoms with E-state index < -0.39 is 0 Å². The first-order valence-corrected chi connectivity index (χ1v) is 7.66. The maximum Gasteiger partial charge on any atom is 0.222 e. The molecule has 1 aromatic carbocycles. The van der Waals surface area contributed by atoms with Gasteiger partial charge in [0.1, 0.15) is 5.01 Å². The van der Waals surface area contributed by atoms with E-state index in [0.29, 0.717) is 11.6 Å². The van der Waals surface area contributed by atoms with Crippen molar-refractivity contribution in [2.45, 2.75) is 27.3 Å². The minimum Gasteiger partial charge on any atom is -0.349 e. The second-order valence-electron chi connectivity index (χ2n) is 4.89. The molecule has 0 atom stereocenters. The van der Waals surface area contributed by atoms with Crippen molar-refractivity contribution in [3.8, 4) is 11.3 Å². The van der Waals surface area contributed by atoms with Gasteiger partial charge in [0, 0.05) is 21.4 Å². The van der Waals surface area contributed by atoms with Crippen molar-refractivity contribution in [2.24, 2.45) is 5.92 Å². The summed E-state index contributed by atoms with van der Waals surface area (Å²) in [6.45, 7) is 6.27. The molecule has 3 nitrogen and oxygen atoms in total. The highest BCUT2D eigenvalue weighted by molar-refractivity contribution is 7.12. The standard InChI is InChI=1S/C15H17ClN2OS/c1-9(2)15(19)17-8-13-18-14(10(3)20-13)11-4-6-12(16)7-5-11/h4-7,9H,8H2,1-3H3,(H,17,19). The van der Waals surface area contributed by atoms with Crippen molar-refractivity contribution < 1.29 is 4.79 Å². The van der Waals surface area contributed by atoms with Crippen LogP contribution < -0.4 is 5.32 Å². The fourth-order valence-electron chi connectivity index (χ4n) is 1.77. The van der Waals surface area contributed by atoms with Gasteiger partial charge in [-0.2, -0.15) is 0 Å². The maximum atomic E-state index is 11.6. The number of rotatable bonds is 4. The van der Waals surface area contributed by atoms with Crippen LogP contribution in [0.25, 0.3) is 11.3 Å². The summed E-state index contributed by atoms with van der Waals surface area (Å²) < 4.78 is 0. The molecule has 0 aliphatic rings. The third kappa shape index (κ3) is 3.58. The highest BCUT2D eigenvalue weighted by Crippen LogP contribution is 2.28. The van der Waals surface area contributed by atoms with E-state index in [4.69, 9.17) is 11.6 Å². The summed E-state index contributed by atoms with van der Waals surface area (Å²) in [5.41, 5.74) is 2.00. The summed E-state index contributed by atoms with van der Waals surface area (Å²) in [7, 11) is 0. The number of carbonyl (C=O) groups is 1. The van der Waals surface area contributed by atoms with Crippen LogP contribution in [0.1, 0.15) is 23.7 Å². The quantitative estimate of drug-likeness (QED) is 0.926. The number of nitrogens with zero attached hydrogens (tertiary/aromatic N) is 1. The highest BCUT2D eigenvalue weighted by atomic mass is 35.5. The number of aryl methyl sites for hydroxylation is 1. The lowest BCUT2D eigenvalue weighted by Crippen LogP contribution is -2.26. The zero-order chi connectivity index (χ0) is 14.7. The van der Waals surface area contributed by atoms with E-state index in [1.54, 1.807) is 11.3 Å². The molecule has 0 aliphatic heterocycles. The Morgan fingerprint density at radius 2 is 2.00 bits per heavy atom. The van der Waals surface area contributed by atoms with E-state index in [2.05, 4.69) is 10.3 Å². The van der Waals surface area contributed by atoms with Gasteiger partial charge in [-0.15, -0.1) is 11.3 Å². The molecule has 5 heteroatoms. The molecule has 0 radical (unpaired) electrons. The van der Waals surface area contributed by atoms with E-state index in [9.17, 15) is 4.79 Å². The molecule has 0 saturated carbocycles. The van der Waals surface area contributed by atoms with E-state index in [0.717, 1.165) is 21.1 Å². The molecule has 1 aromatic heterocycles. The molecule has 2 rings (SSSR count). The van der Waals surface area contributed by atoms with Crippen molar-refractivity contribution in [1.29, 1.82) is 0 Å². The van der Waals surface area contributed by atoms with Crippen LogP contribution in [-0.2, 0) is 11.3 Å². The lowest BCUT2D eigenvalue weighted by atomic mass is 10.1. The van der Waals surface area contributed by atoms with Gasteiger partial charge in [-0.3, -0.25) is 4.79 Å². The molecule has 0 saturated heterocycles. The second-order valence-corrected chi connectivity index (χ2v) is 6.62. The average molecular weight is 309 g/mol. The largest absolute Gasteiger partial charge is 0.349 e. The van der Waals surface area contributed by atoms with Gasteiger partial charge in [0.05, 0.1) is 12.2 Å². The molecule has 0 bridgehead atoms. The Hall–Kier alpha value is -1.39. The van der Waals surface area contributed by atoms with Crippen molar-refractivity contribution in [2.75, 3.05) is 0 Å². The molecule has 0 aliphatic carbocycles. The molecule has 1 heterocycles. The Bertz CT molecular complexity index is 605. The maximum absolute atomic E-state index is 11.6. The van der Waals surface area contributed by atoms with E-state index in [1.165, 1.54) is 0 Å². The first-order chi connectivity index (χ1) is 9.47. The fraction of sp³-hybridized carbons (Fsp3) is 0.333. The van der Waals surface area contributed by atoms with Gasteiger partial charge in [-0.1, -0.05) is 37.6 Å². The Morgan fingerprint density at radius 1 is 1.35 bits per heavy atom. The fourth-order valence-corrected chi connectivity index (χ4v) is 2.79. The van der Waals surface area contributed by atoms with Gasteiger partial charge in [0.25, 0.3) is 0 Å². The lowest BCUT2D eigenvalue weighted by Gasteiger charge is -2.04. The van der Waals surface area contributed by atoms with Crippen molar-refractivity contribution in [3.63, 3.8) is 0 Å². The normalized spacial score (nSPS) is 10.8. The minimum atomic E-state index is -0.00760. The number of amides is 1. The molecule has 20 heavy (non-hydrogen) atoms. The Balaban J connectivity index is 2.13. The average Bonchev–Trinajstić information content (AvgIpc) is 2.78. The van der Waals surface area contributed by atoms with Crippen LogP contribution in [0.3, 0.4) is 0 Å². The number of halogens is 1. The van der Waals surface area contributed by atoms with Crippen molar-refractivity contribution in [1.82, 2.24) is 10.3 Å². The molecule has 106 valence electrons. The predicted molar refractivity (Wildman–Crippen MR) is 84.0 cm³/mol. The van der Waals surface area contributed by atoms with Crippen LogP contribution in [0.15, 0.2) is 24.3 Å². The van der Waals surface area contributed by atoms with Crippen molar-refractivity contribution >= 4 is 28.8 Å². The molecule has 0 spiro atoms. The Kier molecular flexibility index (Phi) is 4.78. The van der Waals surface area contributed by atoms with Crippen LogP contribution in [0.5, 0.6) is 0 Å². The smallest absolute Gasteiger partial charge is 0.222 e. The van der Waals surface area contributed by atoms with E-state index >= 15 is 0 Å². The summed E-state index contributed by atoms with van der Waals surface area (Å²) in [5.74, 6) is 0.0395. The predicted octanol–water partition coefficient (Wildman–Crippen LogP) is 4.04. The number of hydrogen-bond donors (Lipinski definition) is 1. The number of aromatic nitrogens is 1. The zero-order valence-electron chi connectivity index (χ0n) is 11.7. The summed E-state index contributed by atoms with van der Waals surface area (Å²) >= 11 is 7.50. The first-order valence-electron chi connectivity index (χ1n) is 6.47. The molecule has 0 fully saturated rings. The number of benzene rings is 1. The summed E-state index contributed by atoms with van der Waals surface area (Å²) in [6, 6.07) is 7.63. The first kappa shape index (κ1) is 15.0. The number of hydrogen-bond acceptors (Lipinski definition) is 3. The third-order valence-corrected chi connectivity index (χ3v) is 4.12. The van der Waals surface area contributed by atoms with Crippen LogP contribution in [0.2, 0.25) is 5.02 Å². The minimum absolute atomic E-state index is 0.00760. The number of nitrogens with one attached hydrogen (secondary N) is 1. The van der Waals surface area contributed by atoms with Gasteiger partial charge in [0.2, 0.25) is 5.91 Å². The SMILES string of the molecule is Cc1sc(CNC(=O)C(C)C)nc1-c1ccc(Cl)cc1. The van der Waals surface area contributed by atoms with Crippen LogP contribution in [0.4, 0.5) is 0 Å². The van der Waals surface area contributed by atoms with Crippen LogP contribution >= 0.6 is 22.9 Å². The Labute approximate surface area is 128 Å². The van der Waals surface area contributed by atoms with Gasteiger partial charge < -0.3 is 5.32 Å². The third-order valence-electron chi connectivity index (χ3n) is 2.90. The van der Waals surface area contributed by atoms with Gasteiger partial charge in [-0.25, -0.2) is 4.98 Å².